The van der Waals surface area contributed by atoms with Gasteiger partial charge in [0.15, 0.2) is 0 Å². The summed E-state index contributed by atoms with van der Waals surface area (Å²) in [5.41, 5.74) is 1.74. The Morgan fingerprint density at radius 2 is 1.89 bits per heavy atom. The minimum absolute atomic E-state index is 0.0320. The molecule has 0 aliphatic heterocycles. The predicted octanol–water partition coefficient (Wildman–Crippen LogP) is 2.69. The van der Waals surface area contributed by atoms with Crippen molar-refractivity contribution in [2.24, 2.45) is 0 Å². The molecule has 0 unspecified atom stereocenters. The van der Waals surface area contributed by atoms with Gasteiger partial charge in [0.05, 0.1) is 12.2 Å². The monoisotopic (exact) mass is 244 g/mol. The summed E-state index contributed by atoms with van der Waals surface area (Å²) in [6.45, 7) is 2.32. The van der Waals surface area contributed by atoms with E-state index in [1.165, 1.54) is 5.56 Å². The molecule has 3 heteroatoms. The molecule has 3 nitrogen and oxygen atoms in total. The van der Waals surface area contributed by atoms with Gasteiger partial charge >= 0.3 is 5.97 Å². The maximum Gasteiger partial charge on any atom is 0.338 e. The Morgan fingerprint density at radius 1 is 1.17 bits per heavy atom. The number of hydrogen-bond donors (Lipinski definition) is 1. The lowest BCUT2D eigenvalue weighted by Crippen LogP contribution is -2.07. The third-order valence-corrected chi connectivity index (χ3v) is 2.77. The number of aliphatic hydroxyl groups excluding tert-OH is 1. The van der Waals surface area contributed by atoms with Crippen LogP contribution in [-0.2, 0) is 4.74 Å². The number of fused-ring (bicyclic) bond motifs is 1. The third kappa shape index (κ3) is 2.87. The van der Waals surface area contributed by atoms with Crippen molar-refractivity contribution in [3.05, 3.63) is 47.5 Å². The molecular weight excluding hydrogens is 228 g/mol. The smallest absolute Gasteiger partial charge is 0.338 e. The second-order valence-corrected chi connectivity index (χ2v) is 4.28. The van der Waals surface area contributed by atoms with Crippen LogP contribution >= 0.6 is 0 Å². The van der Waals surface area contributed by atoms with Crippen molar-refractivity contribution in [3.63, 3.8) is 0 Å². The normalized spacial score (nSPS) is 10.6. The molecule has 0 saturated heterocycles. The minimum Gasteiger partial charge on any atom is -0.462 e. The van der Waals surface area contributed by atoms with Gasteiger partial charge in [-0.1, -0.05) is 29.8 Å². The zero-order valence-electron chi connectivity index (χ0n) is 10.3. The summed E-state index contributed by atoms with van der Waals surface area (Å²) in [6, 6.07) is 11.6. The Kier molecular flexibility index (Phi) is 3.95. The summed E-state index contributed by atoms with van der Waals surface area (Å²) in [7, 11) is 0. The zero-order chi connectivity index (χ0) is 13.0. The second kappa shape index (κ2) is 5.65. The first-order valence-corrected chi connectivity index (χ1v) is 5.99. The Balaban J connectivity index is 2.19. The van der Waals surface area contributed by atoms with Crippen LogP contribution in [0, 0.1) is 6.92 Å². The van der Waals surface area contributed by atoms with Crippen LogP contribution in [0.4, 0.5) is 0 Å². The fourth-order valence-corrected chi connectivity index (χ4v) is 1.80. The zero-order valence-corrected chi connectivity index (χ0v) is 10.3. The van der Waals surface area contributed by atoms with E-state index < -0.39 is 0 Å². The molecule has 0 fully saturated rings. The Morgan fingerprint density at radius 3 is 2.67 bits per heavy atom. The quantitative estimate of drug-likeness (QED) is 0.664. The molecule has 94 valence electrons. The molecule has 0 aliphatic carbocycles. The molecule has 2 rings (SSSR count). The van der Waals surface area contributed by atoms with E-state index in [0.717, 1.165) is 10.8 Å². The molecule has 0 aliphatic rings. The highest BCUT2D eigenvalue weighted by molar-refractivity contribution is 5.95. The number of aryl methyl sites for hydroxylation is 1. The first kappa shape index (κ1) is 12.6. The summed E-state index contributed by atoms with van der Waals surface area (Å²) in [5, 5.41) is 10.8. The third-order valence-electron chi connectivity index (χ3n) is 2.77. The predicted molar refractivity (Wildman–Crippen MR) is 70.7 cm³/mol. The van der Waals surface area contributed by atoms with Crippen LogP contribution in [-0.4, -0.2) is 24.3 Å². The lowest BCUT2D eigenvalue weighted by Gasteiger charge is -2.05. The highest BCUT2D eigenvalue weighted by Crippen LogP contribution is 2.18. The van der Waals surface area contributed by atoms with Crippen molar-refractivity contribution in [2.75, 3.05) is 13.2 Å². The van der Waals surface area contributed by atoms with Gasteiger partial charge in [0, 0.05) is 13.0 Å². The largest absolute Gasteiger partial charge is 0.462 e. The minimum atomic E-state index is -0.342. The Hall–Kier alpha value is -1.87. The van der Waals surface area contributed by atoms with Crippen molar-refractivity contribution >= 4 is 16.7 Å². The van der Waals surface area contributed by atoms with Crippen LogP contribution in [0.3, 0.4) is 0 Å². The summed E-state index contributed by atoms with van der Waals surface area (Å²) in [6.07, 6.45) is 0.471. The molecule has 0 saturated carbocycles. The molecule has 0 atom stereocenters. The molecule has 0 radical (unpaired) electrons. The van der Waals surface area contributed by atoms with Gasteiger partial charge in [-0.05, 0) is 29.8 Å². The fraction of sp³-hybridized carbons (Fsp3) is 0.267. The number of carbonyl (C=O) groups is 1. The maximum atomic E-state index is 11.7. The van der Waals surface area contributed by atoms with Gasteiger partial charge in [-0.25, -0.2) is 4.79 Å². The van der Waals surface area contributed by atoms with Crippen molar-refractivity contribution in [1.29, 1.82) is 0 Å². The summed E-state index contributed by atoms with van der Waals surface area (Å²) < 4.78 is 5.04. The lowest BCUT2D eigenvalue weighted by molar-refractivity contribution is 0.0482. The standard InChI is InChI=1S/C15H16O3/c1-11-3-4-13-10-14(6-5-12(13)9-11)15(17)18-8-2-7-16/h3-6,9-10,16H,2,7-8H2,1H3. The molecule has 0 spiro atoms. The number of ether oxygens (including phenoxy) is 1. The summed E-state index contributed by atoms with van der Waals surface area (Å²) in [4.78, 5) is 11.7. The van der Waals surface area contributed by atoms with E-state index in [1.807, 2.05) is 31.2 Å². The summed E-state index contributed by atoms with van der Waals surface area (Å²) >= 11 is 0. The first-order valence-electron chi connectivity index (χ1n) is 5.99. The highest BCUT2D eigenvalue weighted by Gasteiger charge is 2.07. The number of rotatable bonds is 4. The van der Waals surface area contributed by atoms with Gasteiger partial charge in [0.1, 0.15) is 0 Å². The van der Waals surface area contributed by atoms with Crippen LogP contribution in [0.25, 0.3) is 10.8 Å². The molecule has 0 heterocycles. The van der Waals surface area contributed by atoms with E-state index in [9.17, 15) is 4.79 Å². The van der Waals surface area contributed by atoms with Crippen molar-refractivity contribution in [3.8, 4) is 0 Å². The summed E-state index contributed by atoms with van der Waals surface area (Å²) in [5.74, 6) is -0.342. The van der Waals surface area contributed by atoms with E-state index in [0.29, 0.717) is 12.0 Å². The molecule has 0 bridgehead atoms. The number of benzene rings is 2. The number of esters is 1. The van der Waals surface area contributed by atoms with Gasteiger partial charge in [-0.2, -0.15) is 0 Å². The average Bonchev–Trinajstić information content (AvgIpc) is 2.38. The molecular formula is C15H16O3. The van der Waals surface area contributed by atoms with Crippen LogP contribution < -0.4 is 0 Å². The van der Waals surface area contributed by atoms with E-state index in [2.05, 4.69) is 6.07 Å². The van der Waals surface area contributed by atoms with E-state index in [1.54, 1.807) is 6.07 Å². The topological polar surface area (TPSA) is 46.5 Å². The van der Waals surface area contributed by atoms with Crippen LogP contribution in [0.2, 0.25) is 0 Å². The van der Waals surface area contributed by atoms with Gasteiger partial charge in [-0.3, -0.25) is 0 Å². The van der Waals surface area contributed by atoms with Crippen molar-refractivity contribution in [2.45, 2.75) is 13.3 Å². The number of aliphatic hydroxyl groups is 1. The SMILES string of the molecule is Cc1ccc2cc(C(=O)OCCCO)ccc2c1. The highest BCUT2D eigenvalue weighted by atomic mass is 16.5. The van der Waals surface area contributed by atoms with E-state index >= 15 is 0 Å². The molecule has 0 amide bonds. The molecule has 2 aromatic rings. The molecule has 2 aromatic carbocycles. The first-order chi connectivity index (χ1) is 8.70. The van der Waals surface area contributed by atoms with E-state index in [-0.39, 0.29) is 19.2 Å². The van der Waals surface area contributed by atoms with Crippen LogP contribution in [0.15, 0.2) is 36.4 Å². The van der Waals surface area contributed by atoms with Crippen LogP contribution in [0.1, 0.15) is 22.3 Å². The van der Waals surface area contributed by atoms with Crippen molar-refractivity contribution < 1.29 is 14.6 Å². The molecule has 1 N–H and O–H groups in total. The maximum absolute atomic E-state index is 11.7. The van der Waals surface area contributed by atoms with Gasteiger partial charge in [0.2, 0.25) is 0 Å². The Labute approximate surface area is 106 Å². The van der Waals surface area contributed by atoms with Gasteiger partial charge in [-0.15, -0.1) is 0 Å². The number of carbonyl (C=O) groups excluding carboxylic acids is 1. The number of hydrogen-bond acceptors (Lipinski definition) is 3. The van der Waals surface area contributed by atoms with Gasteiger partial charge in [0.25, 0.3) is 0 Å². The van der Waals surface area contributed by atoms with Crippen molar-refractivity contribution in [1.82, 2.24) is 0 Å². The van der Waals surface area contributed by atoms with E-state index in [4.69, 9.17) is 9.84 Å². The molecule has 18 heavy (non-hydrogen) atoms. The fourth-order valence-electron chi connectivity index (χ4n) is 1.80. The lowest BCUT2D eigenvalue weighted by atomic mass is 10.0. The van der Waals surface area contributed by atoms with Gasteiger partial charge < -0.3 is 9.84 Å². The van der Waals surface area contributed by atoms with Crippen LogP contribution in [0.5, 0.6) is 0 Å². The molecule has 0 aromatic heterocycles. The second-order valence-electron chi connectivity index (χ2n) is 4.28. The average molecular weight is 244 g/mol. The Bertz CT molecular complexity index is 561.